The number of hydrogen-bond donors (Lipinski definition) is 3. The molecule has 6 fully saturated rings. The Bertz CT molecular complexity index is 1270. The topological polar surface area (TPSA) is 126 Å². The number of allylic oxidation sites excluding steroid dienone is 1. The number of carbonyl (C=O) groups is 2. The van der Waals surface area contributed by atoms with Crippen LogP contribution >= 0.6 is 0 Å². The summed E-state index contributed by atoms with van der Waals surface area (Å²) < 4.78 is 12.1. The van der Waals surface area contributed by atoms with Crippen LogP contribution in [0.5, 0.6) is 0 Å². The zero-order valence-electron chi connectivity index (χ0n) is 30.8. The summed E-state index contributed by atoms with van der Waals surface area (Å²) in [7, 11) is 1.47. The fraction of sp³-hybridized carbons (Fsp3) is 0.897. The van der Waals surface area contributed by atoms with Crippen molar-refractivity contribution >= 4 is 11.9 Å². The first-order valence-corrected chi connectivity index (χ1v) is 18.8. The molecule has 6 rings (SSSR count). The fourth-order valence-electron chi connectivity index (χ4n) is 13.5. The smallest absolute Gasteiger partial charge is 0.323 e. The second kappa shape index (κ2) is 12.3. The first kappa shape index (κ1) is 36.3. The number of aliphatic hydroxyl groups is 2. The maximum absolute atomic E-state index is 13.4. The number of aliphatic carboxylic acids is 1. The normalized spacial score (nSPS) is 49.6. The summed E-state index contributed by atoms with van der Waals surface area (Å²) in [5.41, 5.74) is 0.614. The molecule has 5 unspecified atom stereocenters. The minimum absolute atomic E-state index is 0.0743. The van der Waals surface area contributed by atoms with Crippen LogP contribution in [0.25, 0.3) is 0 Å². The number of aliphatic hydroxyl groups excluding tert-OH is 2. The Morgan fingerprint density at radius 1 is 0.917 bits per heavy atom. The molecule has 1 aliphatic heterocycles. The fourth-order valence-corrected chi connectivity index (χ4v) is 13.5. The molecular formula is C39H63NO8. The minimum Gasteiger partial charge on any atom is -0.481 e. The van der Waals surface area contributed by atoms with Crippen molar-refractivity contribution in [3.05, 3.63) is 12.2 Å². The Morgan fingerprint density at radius 2 is 1.62 bits per heavy atom. The van der Waals surface area contributed by atoms with Crippen molar-refractivity contribution in [2.75, 3.05) is 13.7 Å². The van der Waals surface area contributed by atoms with Gasteiger partial charge in [-0.25, -0.2) is 0 Å². The number of rotatable bonds is 7. The Balaban J connectivity index is 1.19. The van der Waals surface area contributed by atoms with Gasteiger partial charge in [-0.15, -0.1) is 5.06 Å². The van der Waals surface area contributed by atoms with Gasteiger partial charge in [0, 0.05) is 11.8 Å². The van der Waals surface area contributed by atoms with E-state index in [1.807, 2.05) is 0 Å². The van der Waals surface area contributed by atoms with E-state index in [9.17, 15) is 24.9 Å². The highest BCUT2D eigenvalue weighted by Gasteiger charge is 2.72. The molecule has 5 saturated carbocycles. The van der Waals surface area contributed by atoms with Crippen molar-refractivity contribution in [3.8, 4) is 0 Å². The van der Waals surface area contributed by atoms with Crippen LogP contribution in [0.4, 0.5) is 0 Å². The molecule has 0 aromatic carbocycles. The van der Waals surface area contributed by atoms with Gasteiger partial charge in [-0.05, 0) is 124 Å². The quantitative estimate of drug-likeness (QED) is 0.161. The Hall–Kier alpha value is -1.52. The highest BCUT2D eigenvalue weighted by atomic mass is 16.7. The second-order valence-corrected chi connectivity index (χ2v) is 18.3. The first-order chi connectivity index (χ1) is 22.4. The third-order valence-corrected chi connectivity index (χ3v) is 16.2. The molecule has 48 heavy (non-hydrogen) atoms. The highest BCUT2D eigenvalue weighted by molar-refractivity contribution is 5.76. The molecule has 3 N–H and O–H groups in total. The van der Waals surface area contributed by atoms with Crippen LogP contribution in [0.3, 0.4) is 0 Å². The Morgan fingerprint density at radius 3 is 2.25 bits per heavy atom. The molecule has 0 spiro atoms. The predicted octanol–water partition coefficient (Wildman–Crippen LogP) is 6.36. The molecule has 9 heteroatoms. The van der Waals surface area contributed by atoms with Crippen LogP contribution in [-0.2, 0) is 23.9 Å². The minimum atomic E-state index is -0.980. The lowest BCUT2D eigenvalue weighted by Crippen LogP contribution is -2.67. The number of hydrogen-bond acceptors (Lipinski definition) is 8. The number of ether oxygens (including phenoxy) is 2. The zero-order valence-corrected chi connectivity index (χ0v) is 30.8. The van der Waals surface area contributed by atoms with Crippen LogP contribution in [0.2, 0.25) is 0 Å². The van der Waals surface area contributed by atoms with Crippen molar-refractivity contribution in [1.82, 2.24) is 5.06 Å². The van der Waals surface area contributed by atoms with Crippen LogP contribution < -0.4 is 0 Å². The molecule has 0 aromatic heterocycles. The molecule has 6 aliphatic rings. The van der Waals surface area contributed by atoms with Gasteiger partial charge < -0.3 is 24.8 Å². The monoisotopic (exact) mass is 673 g/mol. The van der Waals surface area contributed by atoms with Crippen LogP contribution in [-0.4, -0.2) is 76.6 Å². The summed E-state index contributed by atoms with van der Waals surface area (Å²) in [4.78, 5) is 31.9. The van der Waals surface area contributed by atoms with E-state index in [2.05, 4.69) is 48.1 Å². The molecule has 1 heterocycles. The van der Waals surface area contributed by atoms with Crippen molar-refractivity contribution < 1.29 is 39.2 Å². The molecule has 1 saturated heterocycles. The summed E-state index contributed by atoms with van der Waals surface area (Å²) in [5.74, 6) is 0.813. The summed E-state index contributed by atoms with van der Waals surface area (Å²) in [6.45, 7) is 20.3. The predicted molar refractivity (Wildman–Crippen MR) is 181 cm³/mol. The van der Waals surface area contributed by atoms with E-state index in [-0.39, 0.29) is 52.6 Å². The maximum atomic E-state index is 13.4. The molecular weight excluding hydrogens is 610 g/mol. The number of carboxylic acid groups (broad SMARTS) is 1. The van der Waals surface area contributed by atoms with Crippen LogP contribution in [0.1, 0.15) is 119 Å². The summed E-state index contributed by atoms with van der Waals surface area (Å²) in [6.07, 6.45) is 6.41. The van der Waals surface area contributed by atoms with Gasteiger partial charge in [-0.3, -0.25) is 14.4 Å². The van der Waals surface area contributed by atoms with Crippen LogP contribution in [0, 0.1) is 56.7 Å². The number of carbonyl (C=O) groups excluding carboxylic acids is 1. The number of nitrogens with zero attached hydrogens (tertiary/aromatic N) is 1. The standard InChI is InChI=1S/C39H63NO8/c1-22(2)24-12-17-39(34(44)45)19-18-37(7)25(32(24)39)10-11-28-36(6)15-14-29(35(4,5)27(36)13-16-38(28,37)8)48-31(42)21-40(46-9)30-20-26(41)33(43)23(3)47-30/h23-30,32-33,41,43H,1,10-21H2,2-9H3,(H,44,45)/t23-,24+,25?,26+,27?,28?,29+,30?,32?,33-,36+,37-,38-,39+/m1/s1. The number of carboxylic acids is 1. The third-order valence-electron chi connectivity index (χ3n) is 16.2. The van der Waals surface area contributed by atoms with Gasteiger partial charge in [0.1, 0.15) is 25.0 Å². The first-order valence-electron chi connectivity index (χ1n) is 18.8. The van der Waals surface area contributed by atoms with E-state index < -0.39 is 35.9 Å². The molecule has 0 aromatic rings. The summed E-state index contributed by atoms with van der Waals surface area (Å²) >= 11 is 0. The second-order valence-electron chi connectivity index (χ2n) is 18.3. The van der Waals surface area contributed by atoms with Gasteiger partial charge in [0.05, 0.1) is 24.7 Å². The van der Waals surface area contributed by atoms with Gasteiger partial charge in [-0.1, -0.05) is 46.8 Å². The van der Waals surface area contributed by atoms with Crippen molar-refractivity contribution in [3.63, 3.8) is 0 Å². The molecule has 5 aliphatic carbocycles. The van der Waals surface area contributed by atoms with E-state index >= 15 is 0 Å². The number of esters is 1. The SMILES string of the molecule is C=C(C)[C@@H]1CC[C@]2(C(=O)O)CC[C@]3(C)C(CCC4[C@@]5(C)CC[C@H](OC(=O)CN(OC)C6C[C@H](O)[C@H](O)[C@@H](C)O6)C(C)(C)C5CC[C@]43C)C12. The molecule has 14 atom stereocenters. The van der Waals surface area contributed by atoms with E-state index in [1.165, 1.54) is 12.2 Å². The van der Waals surface area contributed by atoms with Crippen molar-refractivity contribution in [2.24, 2.45) is 56.7 Å². The Labute approximate surface area is 288 Å². The molecule has 9 nitrogen and oxygen atoms in total. The average Bonchev–Trinajstić information content (AvgIpc) is 3.42. The van der Waals surface area contributed by atoms with E-state index in [1.54, 1.807) is 6.92 Å². The van der Waals surface area contributed by atoms with E-state index in [0.717, 1.165) is 69.8 Å². The van der Waals surface area contributed by atoms with Crippen molar-refractivity contribution in [2.45, 2.75) is 150 Å². The van der Waals surface area contributed by atoms with Gasteiger partial charge in [-0.2, -0.15) is 0 Å². The van der Waals surface area contributed by atoms with Crippen molar-refractivity contribution in [1.29, 1.82) is 0 Å². The maximum Gasteiger partial charge on any atom is 0.323 e. The van der Waals surface area contributed by atoms with E-state index in [0.29, 0.717) is 23.7 Å². The Kier molecular flexibility index (Phi) is 9.31. The van der Waals surface area contributed by atoms with Gasteiger partial charge in [0.25, 0.3) is 0 Å². The summed E-state index contributed by atoms with van der Waals surface area (Å²) in [6, 6.07) is 0. The van der Waals surface area contributed by atoms with Crippen LogP contribution in [0.15, 0.2) is 12.2 Å². The zero-order chi connectivity index (χ0) is 35.2. The van der Waals surface area contributed by atoms with Gasteiger partial charge >= 0.3 is 11.9 Å². The average molecular weight is 674 g/mol. The lowest BCUT2D eigenvalue weighted by Gasteiger charge is -2.72. The molecule has 0 bridgehead atoms. The van der Waals surface area contributed by atoms with Gasteiger partial charge in [0.2, 0.25) is 0 Å². The number of fused-ring (bicyclic) bond motifs is 7. The number of hydroxylamine groups is 2. The molecule has 272 valence electrons. The van der Waals surface area contributed by atoms with Gasteiger partial charge in [0.15, 0.2) is 0 Å². The highest BCUT2D eigenvalue weighted by Crippen LogP contribution is 2.77. The lowest BCUT2D eigenvalue weighted by molar-refractivity contribution is -0.289. The summed E-state index contributed by atoms with van der Waals surface area (Å²) in [5, 5.41) is 32.5. The van der Waals surface area contributed by atoms with E-state index in [4.69, 9.17) is 14.3 Å². The largest absolute Gasteiger partial charge is 0.481 e. The molecule has 0 radical (unpaired) electrons. The third kappa shape index (κ3) is 5.17. The molecule has 0 amide bonds. The lowest BCUT2D eigenvalue weighted by atomic mass is 9.32.